The molecule has 0 amide bonds. The topological polar surface area (TPSA) is 70.1 Å². The molecule has 1 aromatic carbocycles. The maximum atomic E-state index is 13.4. The van der Waals surface area contributed by atoms with Crippen molar-refractivity contribution in [3.63, 3.8) is 0 Å². The number of hydrogen-bond donors (Lipinski definition) is 3. The molecule has 3 rings (SSSR count). The van der Waals surface area contributed by atoms with Gasteiger partial charge < -0.3 is 15.7 Å². The van der Waals surface area contributed by atoms with Gasteiger partial charge >= 0.3 is 6.18 Å². The number of benzene rings is 1. The first-order chi connectivity index (χ1) is 13.3. The van der Waals surface area contributed by atoms with E-state index in [1.807, 2.05) is 0 Å². The lowest BCUT2D eigenvalue weighted by Gasteiger charge is -2.25. The van der Waals surface area contributed by atoms with Crippen LogP contribution in [0, 0.1) is 0 Å². The van der Waals surface area contributed by atoms with Crippen molar-refractivity contribution in [3.05, 3.63) is 39.0 Å². The van der Waals surface area contributed by atoms with E-state index in [1.165, 1.54) is 0 Å². The minimum Gasteiger partial charge on any atom is -0.392 e. The second-order valence-corrected chi connectivity index (χ2v) is 7.85. The lowest BCUT2D eigenvalue weighted by molar-refractivity contribution is -0.137. The number of nitrogens with zero attached hydrogens (tertiary/aromatic N) is 2. The molecular formula is C18H19BrClF3N4O. The number of aliphatic hydroxyl groups excluding tert-OH is 1. The summed E-state index contributed by atoms with van der Waals surface area (Å²) in [6.45, 7) is -0.252. The number of rotatable bonds is 5. The van der Waals surface area contributed by atoms with Gasteiger partial charge in [0.25, 0.3) is 0 Å². The molecule has 152 valence electrons. The Morgan fingerprint density at radius 1 is 1.21 bits per heavy atom. The maximum Gasteiger partial charge on any atom is 0.421 e. The molecule has 0 bridgehead atoms. The molecule has 0 saturated heterocycles. The first kappa shape index (κ1) is 21.1. The minimum atomic E-state index is -4.56. The molecule has 1 fully saturated rings. The van der Waals surface area contributed by atoms with Crippen LogP contribution in [0.15, 0.2) is 22.8 Å². The largest absolute Gasteiger partial charge is 0.421 e. The van der Waals surface area contributed by atoms with Gasteiger partial charge in [-0.15, -0.1) is 0 Å². The fourth-order valence-electron chi connectivity index (χ4n) is 3.16. The summed E-state index contributed by atoms with van der Waals surface area (Å²) in [4.78, 5) is 7.87. The van der Waals surface area contributed by atoms with Crippen LogP contribution in [0.3, 0.4) is 0 Å². The second kappa shape index (κ2) is 8.84. The van der Waals surface area contributed by atoms with Crippen molar-refractivity contribution >= 4 is 45.0 Å². The van der Waals surface area contributed by atoms with Crippen LogP contribution in [0.5, 0.6) is 0 Å². The summed E-state index contributed by atoms with van der Waals surface area (Å²) in [5, 5.41) is 15.5. The van der Waals surface area contributed by atoms with Gasteiger partial charge in [0.2, 0.25) is 5.95 Å². The maximum absolute atomic E-state index is 13.4. The van der Waals surface area contributed by atoms with Crippen molar-refractivity contribution in [2.45, 2.75) is 50.9 Å². The zero-order valence-corrected chi connectivity index (χ0v) is 17.1. The molecule has 0 aliphatic heterocycles. The molecule has 10 heteroatoms. The van der Waals surface area contributed by atoms with Gasteiger partial charge in [-0.2, -0.15) is 18.2 Å². The smallest absolute Gasteiger partial charge is 0.392 e. The van der Waals surface area contributed by atoms with Crippen molar-refractivity contribution in [1.82, 2.24) is 9.97 Å². The van der Waals surface area contributed by atoms with Crippen LogP contribution in [0.1, 0.15) is 43.2 Å². The first-order valence-corrected chi connectivity index (χ1v) is 10.0. The van der Waals surface area contributed by atoms with Crippen LogP contribution in [-0.4, -0.2) is 21.1 Å². The van der Waals surface area contributed by atoms with E-state index >= 15 is 0 Å². The second-order valence-electron chi connectivity index (χ2n) is 6.65. The predicted octanol–water partition coefficient (Wildman–Crippen LogP) is 5.89. The number of aliphatic hydroxyl groups is 1. The summed E-state index contributed by atoms with van der Waals surface area (Å²) in [7, 11) is 0. The molecule has 1 aliphatic rings. The average molecular weight is 480 g/mol. The van der Waals surface area contributed by atoms with Gasteiger partial charge in [0.1, 0.15) is 11.4 Å². The highest BCUT2D eigenvalue weighted by Crippen LogP contribution is 2.36. The van der Waals surface area contributed by atoms with E-state index < -0.39 is 11.7 Å². The number of nitrogens with one attached hydrogen (secondary N) is 2. The summed E-state index contributed by atoms with van der Waals surface area (Å²) in [5.74, 6) is -0.226. The number of alkyl halides is 3. The van der Waals surface area contributed by atoms with Gasteiger partial charge in [-0.05, 0) is 46.5 Å². The number of anilines is 3. The van der Waals surface area contributed by atoms with Crippen LogP contribution >= 0.6 is 27.5 Å². The summed E-state index contributed by atoms with van der Waals surface area (Å²) < 4.78 is 40.7. The van der Waals surface area contributed by atoms with E-state index in [4.69, 9.17) is 11.6 Å². The predicted molar refractivity (Wildman–Crippen MR) is 106 cm³/mol. The minimum absolute atomic E-state index is 0.00795. The fraction of sp³-hybridized carbons (Fsp3) is 0.444. The van der Waals surface area contributed by atoms with Crippen molar-refractivity contribution < 1.29 is 18.3 Å². The molecule has 0 unspecified atom stereocenters. The summed E-state index contributed by atoms with van der Waals surface area (Å²) in [6, 6.07) is 3.14. The molecule has 2 aromatic rings. The van der Waals surface area contributed by atoms with Gasteiger partial charge in [-0.3, -0.25) is 0 Å². The normalized spacial score (nSPS) is 15.5. The monoisotopic (exact) mass is 478 g/mol. The quantitative estimate of drug-likeness (QED) is 0.499. The van der Waals surface area contributed by atoms with E-state index in [0.29, 0.717) is 20.7 Å². The summed E-state index contributed by atoms with van der Waals surface area (Å²) in [6.07, 6.45) is 0.901. The van der Waals surface area contributed by atoms with E-state index in [1.54, 1.807) is 12.1 Å². The van der Waals surface area contributed by atoms with Crippen LogP contribution in [0.2, 0.25) is 5.02 Å². The fourth-order valence-corrected chi connectivity index (χ4v) is 3.76. The number of halogens is 5. The molecule has 28 heavy (non-hydrogen) atoms. The van der Waals surface area contributed by atoms with Crippen LogP contribution < -0.4 is 10.6 Å². The van der Waals surface area contributed by atoms with Gasteiger partial charge in [0.15, 0.2) is 0 Å². The van der Waals surface area contributed by atoms with E-state index in [2.05, 4.69) is 36.5 Å². The third-order valence-corrected chi connectivity index (χ3v) is 6.03. The van der Waals surface area contributed by atoms with E-state index in [9.17, 15) is 18.3 Å². The molecule has 3 N–H and O–H groups in total. The third-order valence-electron chi connectivity index (χ3n) is 4.57. The molecule has 0 atom stereocenters. The lowest BCUT2D eigenvalue weighted by atomic mass is 9.95. The highest BCUT2D eigenvalue weighted by molar-refractivity contribution is 9.10. The van der Waals surface area contributed by atoms with Crippen molar-refractivity contribution in [2.75, 3.05) is 10.6 Å². The van der Waals surface area contributed by atoms with Crippen molar-refractivity contribution in [1.29, 1.82) is 0 Å². The van der Waals surface area contributed by atoms with Crippen molar-refractivity contribution in [3.8, 4) is 0 Å². The highest BCUT2D eigenvalue weighted by atomic mass is 79.9. The van der Waals surface area contributed by atoms with E-state index in [-0.39, 0.29) is 24.4 Å². The van der Waals surface area contributed by atoms with Gasteiger partial charge in [0, 0.05) is 22.4 Å². The lowest BCUT2D eigenvalue weighted by Crippen LogP contribution is -2.25. The Morgan fingerprint density at radius 3 is 2.57 bits per heavy atom. The van der Waals surface area contributed by atoms with Crippen LogP contribution in [0.4, 0.5) is 30.6 Å². The van der Waals surface area contributed by atoms with E-state index in [0.717, 1.165) is 38.3 Å². The summed E-state index contributed by atoms with van der Waals surface area (Å²) in [5.41, 5.74) is 0.0941. The Bertz CT molecular complexity index is 844. The van der Waals surface area contributed by atoms with Crippen LogP contribution in [-0.2, 0) is 12.8 Å². The average Bonchev–Trinajstić information content (AvgIpc) is 2.64. The molecule has 1 saturated carbocycles. The molecule has 5 nitrogen and oxygen atoms in total. The molecular weight excluding hydrogens is 461 g/mol. The number of hydrogen-bond acceptors (Lipinski definition) is 5. The SMILES string of the molecule is OCc1cc(Nc2ncc(C(F)(F)F)c(NC3CCCCC3)n2)cc(Cl)c1Br. The molecule has 1 aromatic heterocycles. The molecule has 0 spiro atoms. The zero-order chi connectivity index (χ0) is 20.3. The number of aromatic nitrogens is 2. The summed E-state index contributed by atoms with van der Waals surface area (Å²) >= 11 is 9.38. The molecule has 1 aliphatic carbocycles. The zero-order valence-electron chi connectivity index (χ0n) is 14.8. The third kappa shape index (κ3) is 5.07. The Morgan fingerprint density at radius 2 is 1.93 bits per heavy atom. The first-order valence-electron chi connectivity index (χ1n) is 8.84. The Balaban J connectivity index is 1.89. The molecule has 1 heterocycles. The molecule has 0 radical (unpaired) electrons. The van der Waals surface area contributed by atoms with Crippen molar-refractivity contribution in [2.24, 2.45) is 0 Å². The standard InChI is InChI=1S/C18H19BrClF3N4O/c19-15-10(9-28)6-12(7-14(15)20)26-17-24-8-13(18(21,22)23)16(27-17)25-11-4-2-1-3-5-11/h6-8,11,28H,1-5,9H2,(H2,24,25,26,27). The van der Waals surface area contributed by atoms with Gasteiger partial charge in [-0.25, -0.2) is 4.98 Å². The van der Waals surface area contributed by atoms with Gasteiger partial charge in [-0.1, -0.05) is 30.9 Å². The van der Waals surface area contributed by atoms with Gasteiger partial charge in [0.05, 0.1) is 11.6 Å². The Labute approximate surface area is 173 Å². The Hall–Kier alpha value is -1.58. The Kier molecular flexibility index (Phi) is 6.67. The highest BCUT2D eigenvalue weighted by Gasteiger charge is 2.36. The van der Waals surface area contributed by atoms with Crippen LogP contribution in [0.25, 0.3) is 0 Å².